The van der Waals surface area contributed by atoms with Gasteiger partial charge in [0.25, 0.3) is 5.69 Å². The van der Waals surface area contributed by atoms with Crippen LogP contribution in [0.2, 0.25) is 0 Å². The molecule has 0 spiro atoms. The number of aliphatic carboxylic acids is 1. The van der Waals surface area contributed by atoms with Crippen molar-refractivity contribution >= 4 is 11.7 Å². The van der Waals surface area contributed by atoms with Gasteiger partial charge in [-0.2, -0.15) is 5.10 Å². The van der Waals surface area contributed by atoms with Crippen LogP contribution < -0.4 is 0 Å². The van der Waals surface area contributed by atoms with Crippen molar-refractivity contribution in [3.8, 4) is 5.69 Å². The zero-order chi connectivity index (χ0) is 14.9. The van der Waals surface area contributed by atoms with E-state index in [1.807, 2.05) is 0 Å². The molecular weight excluding hydrogens is 262 g/mol. The van der Waals surface area contributed by atoms with Gasteiger partial charge in [-0.05, 0) is 19.9 Å². The predicted octanol–water partition coefficient (Wildman–Crippen LogP) is 2.02. The smallest absolute Gasteiger partial charge is 0.307 e. The first kappa shape index (κ1) is 13.7. The molecule has 1 aromatic carbocycles. The van der Waals surface area contributed by atoms with E-state index in [1.165, 1.54) is 10.7 Å². The zero-order valence-corrected chi connectivity index (χ0v) is 11.0. The van der Waals surface area contributed by atoms with E-state index in [4.69, 9.17) is 5.11 Å². The van der Waals surface area contributed by atoms with Gasteiger partial charge in [-0.1, -0.05) is 12.1 Å². The zero-order valence-electron chi connectivity index (χ0n) is 11.0. The Bertz CT molecular complexity index is 691. The number of nitro groups is 1. The van der Waals surface area contributed by atoms with E-state index in [-0.39, 0.29) is 12.1 Å². The van der Waals surface area contributed by atoms with Crippen molar-refractivity contribution in [2.24, 2.45) is 0 Å². The van der Waals surface area contributed by atoms with Crippen molar-refractivity contribution in [2.75, 3.05) is 0 Å². The summed E-state index contributed by atoms with van der Waals surface area (Å²) < 4.78 is 1.42. The quantitative estimate of drug-likeness (QED) is 0.680. The average Bonchev–Trinajstić information content (AvgIpc) is 2.66. The highest BCUT2D eigenvalue weighted by atomic mass is 16.6. The molecule has 1 aromatic heterocycles. The molecule has 0 amide bonds. The molecule has 0 atom stereocenters. The Kier molecular flexibility index (Phi) is 3.51. The Morgan fingerprint density at radius 3 is 2.65 bits per heavy atom. The highest BCUT2D eigenvalue weighted by Crippen LogP contribution is 2.25. The van der Waals surface area contributed by atoms with Gasteiger partial charge in [0.2, 0.25) is 0 Å². The fourth-order valence-corrected chi connectivity index (χ4v) is 2.11. The second-order valence-electron chi connectivity index (χ2n) is 4.38. The number of nitro benzene ring substituents is 1. The second kappa shape index (κ2) is 5.12. The maximum atomic E-state index is 11.0. The number of aromatic nitrogens is 2. The third kappa shape index (κ3) is 2.37. The molecule has 0 fully saturated rings. The summed E-state index contributed by atoms with van der Waals surface area (Å²) in [5.41, 5.74) is 1.99. The van der Waals surface area contributed by atoms with Gasteiger partial charge in [0, 0.05) is 17.3 Å². The molecule has 2 rings (SSSR count). The Balaban J connectivity index is 2.60. The van der Waals surface area contributed by atoms with E-state index in [0.717, 1.165) is 0 Å². The van der Waals surface area contributed by atoms with Gasteiger partial charge < -0.3 is 5.11 Å². The number of aryl methyl sites for hydroxylation is 1. The molecule has 1 N–H and O–H groups in total. The minimum atomic E-state index is -0.960. The molecule has 20 heavy (non-hydrogen) atoms. The third-order valence-electron chi connectivity index (χ3n) is 3.08. The van der Waals surface area contributed by atoms with Crippen molar-refractivity contribution in [1.82, 2.24) is 9.78 Å². The lowest BCUT2D eigenvalue weighted by molar-refractivity contribution is -0.384. The summed E-state index contributed by atoms with van der Waals surface area (Å²) in [6.07, 6.45) is -0.154. The highest BCUT2D eigenvalue weighted by Gasteiger charge is 2.20. The van der Waals surface area contributed by atoms with Crippen molar-refractivity contribution in [1.29, 1.82) is 0 Å². The molecule has 104 valence electrons. The molecule has 1 heterocycles. The van der Waals surface area contributed by atoms with Gasteiger partial charge in [-0.15, -0.1) is 0 Å². The molecule has 0 saturated carbocycles. The first-order valence-electron chi connectivity index (χ1n) is 5.92. The van der Waals surface area contributed by atoms with Crippen LogP contribution in [0.15, 0.2) is 24.3 Å². The summed E-state index contributed by atoms with van der Waals surface area (Å²) in [6, 6.07) is 6.23. The number of carboxylic acids is 1. The minimum absolute atomic E-state index is 0.0695. The molecule has 0 unspecified atom stereocenters. The summed E-state index contributed by atoms with van der Waals surface area (Å²) >= 11 is 0. The Hall–Kier alpha value is -2.70. The number of carbonyl (C=O) groups is 1. The van der Waals surface area contributed by atoms with Gasteiger partial charge in [0.1, 0.15) is 5.69 Å². The number of hydrogen-bond acceptors (Lipinski definition) is 4. The lowest BCUT2D eigenvalue weighted by atomic mass is 10.1. The monoisotopic (exact) mass is 275 g/mol. The van der Waals surface area contributed by atoms with Crippen molar-refractivity contribution < 1.29 is 14.8 Å². The van der Waals surface area contributed by atoms with E-state index >= 15 is 0 Å². The van der Waals surface area contributed by atoms with Crippen molar-refractivity contribution in [3.05, 3.63) is 51.3 Å². The van der Waals surface area contributed by atoms with Crippen LogP contribution in [0.5, 0.6) is 0 Å². The van der Waals surface area contributed by atoms with Gasteiger partial charge in [-0.25, -0.2) is 4.68 Å². The van der Waals surface area contributed by atoms with E-state index in [2.05, 4.69) is 5.10 Å². The summed E-state index contributed by atoms with van der Waals surface area (Å²) in [4.78, 5) is 21.4. The lowest BCUT2D eigenvalue weighted by Gasteiger charge is -2.05. The summed E-state index contributed by atoms with van der Waals surface area (Å²) in [7, 11) is 0. The highest BCUT2D eigenvalue weighted by molar-refractivity contribution is 5.71. The van der Waals surface area contributed by atoms with E-state index < -0.39 is 10.9 Å². The van der Waals surface area contributed by atoms with Crippen LogP contribution in [-0.2, 0) is 11.2 Å². The molecule has 0 aliphatic carbocycles. The fraction of sp³-hybridized carbons (Fsp3) is 0.231. The molecule has 0 bridgehead atoms. The van der Waals surface area contributed by atoms with Gasteiger partial charge in [-0.3, -0.25) is 14.9 Å². The van der Waals surface area contributed by atoms with Crippen molar-refractivity contribution in [3.63, 3.8) is 0 Å². The molecular formula is C13H13N3O4. The maximum absolute atomic E-state index is 11.0. The number of para-hydroxylation sites is 2. The summed E-state index contributed by atoms with van der Waals surface area (Å²) in [6.45, 7) is 3.39. The molecule has 0 aliphatic rings. The minimum Gasteiger partial charge on any atom is -0.481 e. The topological polar surface area (TPSA) is 98.3 Å². The number of nitrogens with zero attached hydrogens (tertiary/aromatic N) is 3. The van der Waals surface area contributed by atoms with Gasteiger partial charge >= 0.3 is 5.97 Å². The van der Waals surface area contributed by atoms with E-state index in [1.54, 1.807) is 32.0 Å². The normalized spacial score (nSPS) is 10.5. The first-order chi connectivity index (χ1) is 9.41. The second-order valence-corrected chi connectivity index (χ2v) is 4.38. The molecule has 7 heteroatoms. The summed E-state index contributed by atoms with van der Waals surface area (Å²) in [5, 5.41) is 24.2. The fourth-order valence-electron chi connectivity index (χ4n) is 2.11. The number of hydrogen-bond donors (Lipinski definition) is 1. The lowest BCUT2D eigenvalue weighted by Crippen LogP contribution is -2.05. The molecule has 0 radical (unpaired) electrons. The van der Waals surface area contributed by atoms with Crippen LogP contribution in [0.4, 0.5) is 5.69 Å². The van der Waals surface area contributed by atoms with E-state index in [9.17, 15) is 14.9 Å². The van der Waals surface area contributed by atoms with Crippen LogP contribution in [-0.4, -0.2) is 25.8 Å². The molecule has 0 saturated heterocycles. The number of carboxylic acid groups (broad SMARTS) is 1. The van der Waals surface area contributed by atoms with Crippen LogP contribution in [0.3, 0.4) is 0 Å². The summed E-state index contributed by atoms with van der Waals surface area (Å²) in [5.74, 6) is -0.960. The van der Waals surface area contributed by atoms with Gasteiger partial charge in [0.05, 0.1) is 17.0 Å². The van der Waals surface area contributed by atoms with Crippen LogP contribution >= 0.6 is 0 Å². The molecule has 0 aliphatic heterocycles. The van der Waals surface area contributed by atoms with Crippen LogP contribution in [0.25, 0.3) is 5.69 Å². The SMILES string of the molecule is Cc1nn(-c2ccccc2[N+](=O)[O-])c(C)c1CC(=O)O. The van der Waals surface area contributed by atoms with E-state index in [0.29, 0.717) is 22.6 Å². The van der Waals surface area contributed by atoms with Gasteiger partial charge in [0.15, 0.2) is 0 Å². The third-order valence-corrected chi connectivity index (χ3v) is 3.08. The molecule has 7 nitrogen and oxygen atoms in total. The average molecular weight is 275 g/mol. The Labute approximate surface area is 114 Å². The Morgan fingerprint density at radius 2 is 2.05 bits per heavy atom. The van der Waals surface area contributed by atoms with Crippen molar-refractivity contribution in [2.45, 2.75) is 20.3 Å². The Morgan fingerprint density at radius 1 is 1.40 bits per heavy atom. The number of rotatable bonds is 4. The first-order valence-corrected chi connectivity index (χ1v) is 5.92. The number of benzene rings is 1. The standard InChI is InChI=1S/C13H13N3O4/c1-8-10(7-13(17)18)9(2)15(14-8)11-5-3-4-6-12(11)16(19)20/h3-6H,7H2,1-2H3,(H,17,18). The van der Waals surface area contributed by atoms with Crippen LogP contribution in [0, 0.1) is 24.0 Å². The maximum Gasteiger partial charge on any atom is 0.307 e. The van der Waals surface area contributed by atoms with Crippen LogP contribution in [0.1, 0.15) is 17.0 Å². The predicted molar refractivity (Wildman–Crippen MR) is 71.0 cm³/mol. The largest absolute Gasteiger partial charge is 0.481 e. The molecule has 2 aromatic rings.